The molecule has 292 valence electrons. The van der Waals surface area contributed by atoms with Crippen LogP contribution < -0.4 is 9.80 Å². The fourth-order valence-electron chi connectivity index (χ4n) is 10.7. The Bertz CT molecular complexity index is 3250. The van der Waals surface area contributed by atoms with Gasteiger partial charge >= 0.3 is 0 Å². The van der Waals surface area contributed by atoms with Gasteiger partial charge in [-0.1, -0.05) is 159 Å². The molecule has 12 rings (SSSR count). The number of hydrogen-bond donors (Lipinski definition) is 0. The first-order valence-electron chi connectivity index (χ1n) is 21.8. The quantitative estimate of drug-likeness (QED) is 0.155. The largest absolute Gasteiger partial charge is 0.310 e. The molecule has 0 radical (unpaired) electrons. The molecule has 4 aliphatic carbocycles. The van der Waals surface area contributed by atoms with Crippen LogP contribution in [0.25, 0.3) is 43.4 Å². The van der Waals surface area contributed by atoms with Crippen molar-refractivity contribution in [2.75, 3.05) is 9.80 Å². The molecule has 2 nitrogen and oxygen atoms in total. The van der Waals surface area contributed by atoms with Crippen LogP contribution in [0.15, 0.2) is 222 Å². The molecule has 0 spiro atoms. The smallest absolute Gasteiger partial charge is 0.0540 e. The van der Waals surface area contributed by atoms with Crippen molar-refractivity contribution in [3.8, 4) is 11.1 Å². The Balaban J connectivity index is 0.978. The number of benzene rings is 8. The van der Waals surface area contributed by atoms with Crippen molar-refractivity contribution in [2.45, 2.75) is 44.9 Å². The maximum atomic E-state index is 2.49. The molecule has 0 saturated carbocycles. The zero-order chi connectivity index (χ0) is 40.7. The summed E-state index contributed by atoms with van der Waals surface area (Å²) in [7, 11) is 0. The lowest BCUT2D eigenvalue weighted by Gasteiger charge is -2.33. The van der Waals surface area contributed by atoms with Gasteiger partial charge in [0, 0.05) is 39.2 Å². The normalized spacial score (nSPS) is 16.3. The lowest BCUT2D eigenvalue weighted by molar-refractivity contribution is 0.660. The van der Waals surface area contributed by atoms with E-state index in [2.05, 4.69) is 218 Å². The lowest BCUT2D eigenvalue weighted by Crippen LogP contribution is -2.21. The summed E-state index contributed by atoms with van der Waals surface area (Å²) in [5.74, 6) is 0. The monoisotopic (exact) mass is 782 g/mol. The van der Waals surface area contributed by atoms with Crippen LogP contribution in [0, 0.1) is 0 Å². The minimum Gasteiger partial charge on any atom is -0.310 e. The minimum absolute atomic E-state index is 0.239. The Morgan fingerprint density at radius 3 is 1.77 bits per heavy atom. The van der Waals surface area contributed by atoms with Gasteiger partial charge in [-0.2, -0.15) is 0 Å². The van der Waals surface area contributed by atoms with E-state index in [-0.39, 0.29) is 5.41 Å². The number of para-hydroxylation sites is 2. The zero-order valence-electron chi connectivity index (χ0n) is 34.7. The highest BCUT2D eigenvalue weighted by Gasteiger charge is 2.37. The second-order valence-corrected chi connectivity index (χ2v) is 17.7. The van der Waals surface area contributed by atoms with Gasteiger partial charge in [-0.25, -0.2) is 0 Å². The van der Waals surface area contributed by atoms with E-state index in [1.807, 2.05) is 0 Å². The molecule has 0 aliphatic heterocycles. The van der Waals surface area contributed by atoms with Gasteiger partial charge in [-0.3, -0.25) is 0 Å². The predicted octanol–water partition coefficient (Wildman–Crippen LogP) is 16.2. The number of rotatable bonds is 6. The van der Waals surface area contributed by atoms with Gasteiger partial charge in [0.1, 0.15) is 0 Å². The number of hydrogen-bond acceptors (Lipinski definition) is 2. The molecule has 0 heterocycles. The standard InChI is InChI=1S/C59H46N2/c1-59(2)53-37-48(60(46-15-5-3-6-16-46)55-33-22-41-20-19-39-11-9-12-40(35-39)21-23-45(55)36-41)28-31-50(53)51-32-29-49(38-54(51)59)61(47-17-7-4-8-18-47)56-34-27-44-25-24-42-13-10-14-43-26-30-52(56)58(44)57(42)43/h3-18,21-34,37-38H,19-20,35-36H2,1-2H3. The van der Waals surface area contributed by atoms with Gasteiger partial charge < -0.3 is 9.80 Å². The summed E-state index contributed by atoms with van der Waals surface area (Å²) in [4.78, 5) is 4.95. The molecule has 0 N–H and O–H groups in total. The molecule has 0 saturated heterocycles. The Morgan fingerprint density at radius 2 is 1.07 bits per heavy atom. The fourth-order valence-corrected chi connectivity index (χ4v) is 10.7. The van der Waals surface area contributed by atoms with Crippen molar-refractivity contribution < 1.29 is 0 Å². The average molecular weight is 783 g/mol. The van der Waals surface area contributed by atoms with Crippen LogP contribution in [0.5, 0.6) is 0 Å². The summed E-state index contributed by atoms with van der Waals surface area (Å²) >= 11 is 0. The molecule has 8 aromatic rings. The van der Waals surface area contributed by atoms with Crippen molar-refractivity contribution in [2.24, 2.45) is 0 Å². The molecule has 4 bridgehead atoms. The van der Waals surface area contributed by atoms with E-state index >= 15 is 0 Å². The van der Waals surface area contributed by atoms with E-state index in [1.54, 1.807) is 0 Å². The second kappa shape index (κ2) is 14.0. The summed E-state index contributed by atoms with van der Waals surface area (Å²) in [5.41, 5.74) is 17.9. The van der Waals surface area contributed by atoms with Gasteiger partial charge in [0.15, 0.2) is 0 Å². The highest BCUT2D eigenvalue weighted by molar-refractivity contribution is 6.25. The van der Waals surface area contributed by atoms with Crippen LogP contribution in [0.4, 0.5) is 28.4 Å². The third-order valence-corrected chi connectivity index (χ3v) is 13.7. The van der Waals surface area contributed by atoms with Crippen LogP contribution in [0.2, 0.25) is 0 Å². The van der Waals surface area contributed by atoms with Crippen molar-refractivity contribution in [3.63, 3.8) is 0 Å². The second-order valence-electron chi connectivity index (χ2n) is 17.7. The zero-order valence-corrected chi connectivity index (χ0v) is 34.7. The minimum atomic E-state index is -0.239. The molecular formula is C59H46N2. The first-order chi connectivity index (χ1) is 30.0. The molecule has 0 aromatic heterocycles. The maximum Gasteiger partial charge on any atom is 0.0540 e. The topological polar surface area (TPSA) is 6.48 Å². The summed E-state index contributed by atoms with van der Waals surface area (Å²) in [5, 5.41) is 7.76. The van der Waals surface area contributed by atoms with Gasteiger partial charge in [-0.15, -0.1) is 0 Å². The Hall–Kier alpha value is -7.16. The van der Waals surface area contributed by atoms with Gasteiger partial charge in [0.25, 0.3) is 0 Å². The average Bonchev–Trinajstić information content (AvgIpc) is 3.53. The number of anilines is 5. The van der Waals surface area contributed by atoms with E-state index in [0.717, 1.165) is 37.1 Å². The van der Waals surface area contributed by atoms with Gasteiger partial charge in [-0.05, 0) is 147 Å². The molecule has 0 atom stereocenters. The van der Waals surface area contributed by atoms with Crippen LogP contribution in [-0.2, 0) is 5.41 Å². The van der Waals surface area contributed by atoms with Crippen molar-refractivity contribution in [1.29, 1.82) is 0 Å². The van der Waals surface area contributed by atoms with Crippen LogP contribution in [0.3, 0.4) is 0 Å². The summed E-state index contributed by atoms with van der Waals surface area (Å²) in [6.07, 6.45) is 20.5. The van der Waals surface area contributed by atoms with E-state index in [4.69, 9.17) is 0 Å². The summed E-state index contributed by atoms with van der Waals surface area (Å²) in [6, 6.07) is 56.6. The molecule has 61 heavy (non-hydrogen) atoms. The Kier molecular flexibility index (Phi) is 8.19. The molecule has 8 aromatic carbocycles. The molecule has 0 amide bonds. The Labute approximate surface area is 358 Å². The molecular weight excluding hydrogens is 737 g/mol. The van der Waals surface area contributed by atoms with E-state index in [1.165, 1.54) is 99.6 Å². The molecule has 4 aliphatic rings. The SMILES string of the molecule is CC1(C)c2cc(N(C3=CC=C4CCC5=CC=CC(=CC=C3C4)C5)c3ccccc3)ccc2-c2ccc(N(c3ccccc3)c3ccc4ccc5cccc6ccc3c4c56)cc21. The van der Waals surface area contributed by atoms with Crippen molar-refractivity contribution in [1.82, 2.24) is 0 Å². The van der Waals surface area contributed by atoms with Crippen molar-refractivity contribution >= 4 is 60.8 Å². The number of fused-ring (bicyclic) bond motifs is 7. The van der Waals surface area contributed by atoms with E-state index in [0.29, 0.717) is 0 Å². The molecule has 2 heteroatoms. The first kappa shape index (κ1) is 35.8. The van der Waals surface area contributed by atoms with Crippen molar-refractivity contribution in [3.05, 3.63) is 233 Å². The maximum absolute atomic E-state index is 2.49. The van der Waals surface area contributed by atoms with E-state index < -0.39 is 0 Å². The summed E-state index contributed by atoms with van der Waals surface area (Å²) < 4.78 is 0. The molecule has 0 unspecified atom stereocenters. The predicted molar refractivity (Wildman–Crippen MR) is 259 cm³/mol. The summed E-state index contributed by atoms with van der Waals surface area (Å²) in [6.45, 7) is 4.82. The first-order valence-corrected chi connectivity index (χ1v) is 21.8. The third kappa shape index (κ3) is 5.85. The number of allylic oxidation sites excluding steroid dienone is 11. The highest BCUT2D eigenvalue weighted by Crippen LogP contribution is 2.53. The highest BCUT2D eigenvalue weighted by atomic mass is 15.2. The lowest BCUT2D eigenvalue weighted by atomic mass is 9.82. The van der Waals surface area contributed by atoms with Crippen LogP contribution >= 0.6 is 0 Å². The van der Waals surface area contributed by atoms with Crippen LogP contribution in [0.1, 0.15) is 50.7 Å². The van der Waals surface area contributed by atoms with Crippen LogP contribution in [-0.4, -0.2) is 0 Å². The van der Waals surface area contributed by atoms with Gasteiger partial charge in [0.2, 0.25) is 0 Å². The fraction of sp³-hybridized carbons (Fsp3) is 0.119. The van der Waals surface area contributed by atoms with Gasteiger partial charge in [0.05, 0.1) is 5.69 Å². The third-order valence-electron chi connectivity index (χ3n) is 13.7. The number of nitrogens with zero attached hydrogens (tertiary/aromatic N) is 2. The Morgan fingerprint density at radius 1 is 0.459 bits per heavy atom. The molecule has 0 fully saturated rings. The van der Waals surface area contributed by atoms with E-state index in [9.17, 15) is 0 Å².